The number of nitrogens with zero attached hydrogens (tertiary/aromatic N) is 3. The second-order valence-electron chi connectivity index (χ2n) is 8.91. The molecule has 2 fully saturated rings. The van der Waals surface area contributed by atoms with Gasteiger partial charge in [0.1, 0.15) is 6.04 Å². The molecule has 0 spiro atoms. The number of piperidine rings is 1. The van der Waals surface area contributed by atoms with Crippen molar-refractivity contribution in [2.24, 2.45) is 5.92 Å². The van der Waals surface area contributed by atoms with Crippen LogP contribution in [0.25, 0.3) is 0 Å². The Morgan fingerprint density at radius 3 is 2.55 bits per heavy atom. The summed E-state index contributed by atoms with van der Waals surface area (Å²) in [5.74, 6) is 1.11. The van der Waals surface area contributed by atoms with E-state index in [1.807, 2.05) is 13.8 Å². The van der Waals surface area contributed by atoms with Gasteiger partial charge in [-0.1, -0.05) is 31.5 Å². The van der Waals surface area contributed by atoms with Gasteiger partial charge < -0.3 is 9.84 Å². The van der Waals surface area contributed by atoms with Crippen LogP contribution in [0, 0.1) is 12.8 Å². The van der Waals surface area contributed by atoms with E-state index >= 15 is 0 Å². The number of sulfonamides is 1. The molecule has 1 atom stereocenters. The quantitative estimate of drug-likeness (QED) is 0.697. The Labute approximate surface area is 183 Å². The van der Waals surface area contributed by atoms with Gasteiger partial charge in [0.25, 0.3) is 5.91 Å². The molecule has 168 valence electrons. The highest BCUT2D eigenvalue weighted by atomic mass is 32.2. The second-order valence-corrected chi connectivity index (χ2v) is 10.8. The van der Waals surface area contributed by atoms with Gasteiger partial charge in [-0.15, -0.1) is 0 Å². The zero-order chi connectivity index (χ0) is 22.2. The van der Waals surface area contributed by atoms with E-state index in [-0.39, 0.29) is 16.7 Å². The van der Waals surface area contributed by atoms with Gasteiger partial charge in [0.2, 0.25) is 15.9 Å². The molecule has 1 aliphatic carbocycles. The molecule has 1 saturated heterocycles. The first-order chi connectivity index (χ1) is 14.8. The summed E-state index contributed by atoms with van der Waals surface area (Å²) in [6.45, 7) is 6.73. The molecule has 1 unspecified atom stereocenters. The molecule has 8 nitrogen and oxygen atoms in total. The first-order valence-corrected chi connectivity index (χ1v) is 12.5. The van der Waals surface area contributed by atoms with E-state index in [0.717, 1.165) is 32.1 Å². The Morgan fingerprint density at radius 1 is 1.19 bits per heavy atom. The average molecular weight is 447 g/mol. The lowest BCUT2D eigenvalue weighted by Gasteiger charge is -2.26. The molecule has 2 aliphatic rings. The Hall–Kier alpha value is -2.26. The fourth-order valence-electron chi connectivity index (χ4n) is 3.88. The van der Waals surface area contributed by atoms with Crippen LogP contribution in [-0.4, -0.2) is 41.9 Å². The van der Waals surface area contributed by atoms with Crippen molar-refractivity contribution in [3.8, 4) is 0 Å². The van der Waals surface area contributed by atoms with Crippen LogP contribution in [0.1, 0.15) is 85.5 Å². The third-order valence-corrected chi connectivity index (χ3v) is 8.04. The molecule has 2 heterocycles. The van der Waals surface area contributed by atoms with Crippen LogP contribution >= 0.6 is 0 Å². The van der Waals surface area contributed by atoms with Crippen molar-refractivity contribution in [3.63, 3.8) is 0 Å². The Kier molecular flexibility index (Phi) is 6.16. The maximum Gasteiger partial charge on any atom is 0.251 e. The normalized spacial score (nSPS) is 18.8. The molecule has 31 heavy (non-hydrogen) atoms. The van der Waals surface area contributed by atoms with E-state index in [4.69, 9.17) is 4.52 Å². The van der Waals surface area contributed by atoms with Crippen molar-refractivity contribution in [2.75, 3.05) is 13.1 Å². The van der Waals surface area contributed by atoms with Crippen molar-refractivity contribution in [1.82, 2.24) is 19.8 Å². The third kappa shape index (κ3) is 4.67. The zero-order valence-corrected chi connectivity index (χ0v) is 19.1. The largest absolute Gasteiger partial charge is 0.340 e. The number of hydrogen-bond donors (Lipinski definition) is 1. The van der Waals surface area contributed by atoms with Crippen LogP contribution in [-0.2, 0) is 10.0 Å². The topological polar surface area (TPSA) is 105 Å². The van der Waals surface area contributed by atoms with Gasteiger partial charge in [0.15, 0.2) is 5.82 Å². The summed E-state index contributed by atoms with van der Waals surface area (Å²) in [5, 5.41) is 7.00. The lowest BCUT2D eigenvalue weighted by atomic mass is 10.0. The smallest absolute Gasteiger partial charge is 0.251 e. The van der Waals surface area contributed by atoms with Crippen molar-refractivity contribution >= 4 is 15.9 Å². The summed E-state index contributed by atoms with van der Waals surface area (Å²) in [4.78, 5) is 17.7. The average Bonchev–Trinajstić information content (AvgIpc) is 3.49. The molecule has 1 aromatic heterocycles. The van der Waals surface area contributed by atoms with Gasteiger partial charge >= 0.3 is 0 Å². The van der Waals surface area contributed by atoms with Crippen LogP contribution in [0.2, 0.25) is 0 Å². The van der Waals surface area contributed by atoms with Crippen LogP contribution in [0.4, 0.5) is 0 Å². The maximum atomic E-state index is 13.2. The lowest BCUT2D eigenvalue weighted by molar-refractivity contribution is 0.0913. The van der Waals surface area contributed by atoms with E-state index in [1.165, 1.54) is 10.4 Å². The molecule has 2 aromatic rings. The van der Waals surface area contributed by atoms with Crippen LogP contribution in [0.3, 0.4) is 0 Å². The molecule has 1 N–H and O–H groups in total. The Morgan fingerprint density at radius 2 is 1.90 bits per heavy atom. The van der Waals surface area contributed by atoms with Crippen molar-refractivity contribution in [2.45, 2.75) is 69.7 Å². The number of aromatic nitrogens is 2. The molecule has 9 heteroatoms. The van der Waals surface area contributed by atoms with E-state index < -0.39 is 16.1 Å². The fraction of sp³-hybridized carbons (Fsp3) is 0.591. The van der Waals surface area contributed by atoms with Gasteiger partial charge in [-0.3, -0.25) is 4.79 Å². The van der Waals surface area contributed by atoms with Gasteiger partial charge in [0.05, 0.1) is 4.90 Å². The summed E-state index contributed by atoms with van der Waals surface area (Å²) >= 11 is 0. The third-order valence-electron chi connectivity index (χ3n) is 6.00. The van der Waals surface area contributed by atoms with Crippen molar-refractivity contribution in [3.05, 3.63) is 41.0 Å². The lowest BCUT2D eigenvalue weighted by Crippen LogP contribution is -2.36. The predicted molar refractivity (Wildman–Crippen MR) is 115 cm³/mol. The highest BCUT2D eigenvalue weighted by Crippen LogP contribution is 2.38. The number of aryl methyl sites for hydroxylation is 1. The Balaban J connectivity index is 1.56. The molecule has 4 rings (SSSR count). The maximum absolute atomic E-state index is 13.2. The molecule has 0 bridgehead atoms. The first-order valence-electron chi connectivity index (χ1n) is 11.0. The first kappa shape index (κ1) is 22.0. The van der Waals surface area contributed by atoms with Crippen LogP contribution in [0.15, 0.2) is 27.6 Å². The molecular weight excluding hydrogens is 416 g/mol. The van der Waals surface area contributed by atoms with Crippen LogP contribution < -0.4 is 5.32 Å². The van der Waals surface area contributed by atoms with Crippen molar-refractivity contribution in [1.29, 1.82) is 0 Å². The SMILES string of the molecule is Cc1ccc(C(=O)NC(c2nc(C3CC3)no2)C(C)C)cc1S(=O)(=O)N1CCCCC1. The summed E-state index contributed by atoms with van der Waals surface area (Å²) < 4.78 is 33.3. The second kappa shape index (κ2) is 8.70. The molecule has 1 amide bonds. The summed E-state index contributed by atoms with van der Waals surface area (Å²) in [7, 11) is -3.63. The predicted octanol–water partition coefficient (Wildman–Crippen LogP) is 3.56. The summed E-state index contributed by atoms with van der Waals surface area (Å²) in [6, 6.07) is 4.38. The highest BCUT2D eigenvalue weighted by molar-refractivity contribution is 7.89. The number of nitrogens with one attached hydrogen (secondary N) is 1. The van der Waals surface area contributed by atoms with E-state index in [2.05, 4.69) is 15.5 Å². The number of benzene rings is 1. The summed E-state index contributed by atoms with van der Waals surface area (Å²) in [5.41, 5.74) is 0.933. The fourth-order valence-corrected chi connectivity index (χ4v) is 5.65. The zero-order valence-electron chi connectivity index (χ0n) is 18.3. The number of rotatable bonds is 7. The van der Waals surface area contributed by atoms with Crippen molar-refractivity contribution < 1.29 is 17.7 Å². The van der Waals surface area contributed by atoms with Gasteiger partial charge in [0, 0.05) is 24.6 Å². The van der Waals surface area contributed by atoms with Gasteiger partial charge in [-0.2, -0.15) is 9.29 Å². The van der Waals surface area contributed by atoms with Gasteiger partial charge in [-0.25, -0.2) is 8.42 Å². The highest BCUT2D eigenvalue weighted by Gasteiger charge is 2.32. The molecule has 1 saturated carbocycles. The molecule has 1 aromatic carbocycles. The summed E-state index contributed by atoms with van der Waals surface area (Å²) in [6.07, 6.45) is 4.90. The number of carbonyl (C=O) groups excluding carboxylic acids is 1. The number of carbonyl (C=O) groups is 1. The molecular formula is C22H30N4O4S. The Bertz CT molecular complexity index is 1050. The van der Waals surface area contributed by atoms with Gasteiger partial charge in [-0.05, 0) is 56.2 Å². The molecule has 1 aliphatic heterocycles. The van der Waals surface area contributed by atoms with E-state index in [9.17, 15) is 13.2 Å². The molecule has 0 radical (unpaired) electrons. The minimum Gasteiger partial charge on any atom is -0.340 e. The monoisotopic (exact) mass is 446 g/mol. The number of amides is 1. The van der Waals surface area contributed by atoms with Crippen LogP contribution in [0.5, 0.6) is 0 Å². The standard InChI is InChI=1S/C22H30N4O4S/c1-14(2)19(22-24-20(25-30-22)16-9-10-16)23-21(27)17-8-7-15(3)18(13-17)31(28,29)26-11-5-4-6-12-26/h7-8,13-14,16,19H,4-6,9-12H2,1-3H3,(H,23,27). The minimum atomic E-state index is -3.63. The van der Waals surface area contributed by atoms with E-state index in [1.54, 1.807) is 19.1 Å². The number of hydrogen-bond acceptors (Lipinski definition) is 6. The minimum absolute atomic E-state index is 0.0263. The van der Waals surface area contributed by atoms with E-state index in [0.29, 0.717) is 41.8 Å².